The molecule has 3 aliphatic rings. The highest BCUT2D eigenvalue weighted by Crippen LogP contribution is 2.47. The van der Waals surface area contributed by atoms with E-state index >= 15 is 0 Å². The summed E-state index contributed by atoms with van der Waals surface area (Å²) >= 11 is 0. The van der Waals surface area contributed by atoms with Crippen molar-refractivity contribution >= 4 is 11.6 Å². The third-order valence-corrected chi connectivity index (χ3v) is 6.74. The van der Waals surface area contributed by atoms with Crippen LogP contribution >= 0.6 is 0 Å². The molecule has 2 aliphatic heterocycles. The lowest BCUT2D eigenvalue weighted by molar-refractivity contribution is 0.0961. The Hall–Kier alpha value is -1.59. The zero-order chi connectivity index (χ0) is 18.1. The van der Waals surface area contributed by atoms with Crippen molar-refractivity contribution in [2.45, 2.75) is 44.1 Å². The van der Waals surface area contributed by atoms with E-state index in [4.69, 9.17) is 0 Å². The topological polar surface area (TPSA) is 56.4 Å². The predicted octanol–water partition coefficient (Wildman–Crippen LogP) is 2.41. The van der Waals surface area contributed by atoms with Crippen molar-refractivity contribution < 1.29 is 4.79 Å². The molecule has 1 amide bonds. The van der Waals surface area contributed by atoms with E-state index in [0.29, 0.717) is 17.4 Å². The maximum Gasteiger partial charge on any atom is 0.251 e. The van der Waals surface area contributed by atoms with Gasteiger partial charge in [0, 0.05) is 30.9 Å². The highest BCUT2D eigenvalue weighted by molar-refractivity contribution is 5.96. The number of likely N-dealkylation sites (tertiary alicyclic amines) is 1. The van der Waals surface area contributed by atoms with Gasteiger partial charge in [0.2, 0.25) is 0 Å². The molecule has 1 aromatic carbocycles. The Morgan fingerprint density at radius 2 is 2.04 bits per heavy atom. The van der Waals surface area contributed by atoms with E-state index in [1.54, 1.807) is 7.05 Å². The van der Waals surface area contributed by atoms with E-state index in [1.807, 2.05) is 6.07 Å². The summed E-state index contributed by atoms with van der Waals surface area (Å²) < 4.78 is 0. The molecule has 4 rings (SSSR count). The minimum absolute atomic E-state index is 0.0325. The molecular formula is C21H32N4O. The number of hydrogen-bond acceptors (Lipinski definition) is 4. The van der Waals surface area contributed by atoms with Crippen molar-refractivity contribution in [3.63, 3.8) is 0 Å². The van der Waals surface area contributed by atoms with Gasteiger partial charge in [-0.1, -0.05) is 0 Å². The second-order valence-electron chi connectivity index (χ2n) is 8.63. The number of carbonyl (C=O) groups excluding carboxylic acids is 1. The van der Waals surface area contributed by atoms with Crippen LogP contribution in [0.15, 0.2) is 18.2 Å². The van der Waals surface area contributed by atoms with Gasteiger partial charge >= 0.3 is 0 Å². The van der Waals surface area contributed by atoms with Crippen molar-refractivity contribution in [3.8, 4) is 0 Å². The molecule has 0 radical (unpaired) electrons. The largest absolute Gasteiger partial charge is 0.382 e. The minimum Gasteiger partial charge on any atom is -0.382 e. The van der Waals surface area contributed by atoms with E-state index in [9.17, 15) is 4.79 Å². The molecule has 3 N–H and O–H groups in total. The number of hydrogen-bond donors (Lipinski definition) is 3. The third kappa shape index (κ3) is 3.47. The number of nitrogens with one attached hydrogen (secondary N) is 3. The predicted molar refractivity (Wildman–Crippen MR) is 106 cm³/mol. The van der Waals surface area contributed by atoms with Gasteiger partial charge in [0.15, 0.2) is 0 Å². The Labute approximate surface area is 156 Å². The number of carbonyl (C=O) groups is 1. The van der Waals surface area contributed by atoms with Crippen molar-refractivity contribution in [2.75, 3.05) is 45.6 Å². The molecule has 142 valence electrons. The minimum atomic E-state index is 0.0325. The summed E-state index contributed by atoms with van der Waals surface area (Å²) in [6.45, 7) is 4.57. The SMILES string of the molecule is CNC(=O)c1ccc(NC2CC3(CCNC3)C2)cc1C1CCN(C)CC1. The summed E-state index contributed by atoms with van der Waals surface area (Å²) in [7, 11) is 3.90. The van der Waals surface area contributed by atoms with Crippen LogP contribution in [0.2, 0.25) is 0 Å². The number of piperidine rings is 1. The average Bonchev–Trinajstić information content (AvgIpc) is 3.11. The fourth-order valence-corrected chi connectivity index (χ4v) is 5.12. The lowest BCUT2D eigenvalue weighted by Gasteiger charge is -2.45. The molecule has 2 heterocycles. The fraction of sp³-hybridized carbons (Fsp3) is 0.667. The zero-order valence-corrected chi connectivity index (χ0v) is 16.1. The lowest BCUT2D eigenvalue weighted by atomic mass is 9.65. The maximum atomic E-state index is 12.4. The van der Waals surface area contributed by atoms with Crippen molar-refractivity contribution in [2.24, 2.45) is 5.41 Å². The smallest absolute Gasteiger partial charge is 0.251 e. The van der Waals surface area contributed by atoms with Crippen LogP contribution in [-0.4, -0.2) is 57.1 Å². The summed E-state index contributed by atoms with van der Waals surface area (Å²) in [6, 6.07) is 6.92. The Morgan fingerprint density at radius 1 is 1.27 bits per heavy atom. The van der Waals surface area contributed by atoms with Crippen LogP contribution in [-0.2, 0) is 0 Å². The first-order chi connectivity index (χ1) is 12.6. The van der Waals surface area contributed by atoms with Crippen LogP contribution in [0.25, 0.3) is 0 Å². The number of nitrogens with zero attached hydrogens (tertiary/aromatic N) is 1. The molecule has 0 unspecified atom stereocenters. The number of benzene rings is 1. The molecule has 1 aromatic rings. The van der Waals surface area contributed by atoms with Gasteiger partial charge in [0.25, 0.3) is 5.91 Å². The monoisotopic (exact) mass is 356 g/mol. The summed E-state index contributed by atoms with van der Waals surface area (Å²) in [5.41, 5.74) is 3.80. The van der Waals surface area contributed by atoms with Gasteiger partial charge in [-0.05, 0) is 93.9 Å². The van der Waals surface area contributed by atoms with Crippen LogP contribution in [0, 0.1) is 5.41 Å². The van der Waals surface area contributed by atoms with Gasteiger partial charge in [-0.3, -0.25) is 4.79 Å². The van der Waals surface area contributed by atoms with Crippen LogP contribution in [0.1, 0.15) is 53.9 Å². The molecule has 2 saturated heterocycles. The van der Waals surface area contributed by atoms with E-state index in [-0.39, 0.29) is 5.91 Å². The third-order valence-electron chi connectivity index (χ3n) is 6.74. The van der Waals surface area contributed by atoms with Crippen molar-refractivity contribution in [1.29, 1.82) is 0 Å². The summed E-state index contributed by atoms with van der Waals surface area (Å²) in [6.07, 6.45) is 6.10. The van der Waals surface area contributed by atoms with E-state index in [1.165, 1.54) is 43.6 Å². The van der Waals surface area contributed by atoms with Crippen LogP contribution in [0.4, 0.5) is 5.69 Å². The highest BCUT2D eigenvalue weighted by atomic mass is 16.1. The maximum absolute atomic E-state index is 12.4. The van der Waals surface area contributed by atoms with E-state index < -0.39 is 0 Å². The first-order valence-electron chi connectivity index (χ1n) is 10.1. The van der Waals surface area contributed by atoms with Crippen LogP contribution in [0.5, 0.6) is 0 Å². The van der Waals surface area contributed by atoms with Crippen LogP contribution < -0.4 is 16.0 Å². The lowest BCUT2D eigenvalue weighted by Crippen LogP contribution is -2.46. The van der Waals surface area contributed by atoms with Gasteiger partial charge in [-0.25, -0.2) is 0 Å². The molecular weight excluding hydrogens is 324 g/mol. The summed E-state index contributed by atoms with van der Waals surface area (Å²) in [5, 5.41) is 10.0. The first-order valence-corrected chi connectivity index (χ1v) is 10.1. The molecule has 3 fully saturated rings. The molecule has 5 heteroatoms. The average molecular weight is 357 g/mol. The summed E-state index contributed by atoms with van der Waals surface area (Å²) in [4.78, 5) is 14.7. The number of anilines is 1. The highest BCUT2D eigenvalue weighted by Gasteiger charge is 2.45. The molecule has 0 aromatic heterocycles. The zero-order valence-electron chi connectivity index (χ0n) is 16.1. The molecule has 1 aliphatic carbocycles. The first kappa shape index (κ1) is 17.8. The van der Waals surface area contributed by atoms with Gasteiger partial charge in [0.1, 0.15) is 0 Å². The fourth-order valence-electron chi connectivity index (χ4n) is 5.12. The van der Waals surface area contributed by atoms with Crippen LogP contribution in [0.3, 0.4) is 0 Å². The summed E-state index contributed by atoms with van der Waals surface area (Å²) in [5.74, 6) is 0.511. The quantitative estimate of drug-likeness (QED) is 0.775. The molecule has 0 atom stereocenters. The van der Waals surface area contributed by atoms with Gasteiger partial charge < -0.3 is 20.9 Å². The molecule has 5 nitrogen and oxygen atoms in total. The second-order valence-corrected chi connectivity index (χ2v) is 8.63. The van der Waals surface area contributed by atoms with Gasteiger partial charge in [0.05, 0.1) is 0 Å². The Kier molecular flexibility index (Phi) is 4.93. The van der Waals surface area contributed by atoms with Gasteiger partial charge in [-0.2, -0.15) is 0 Å². The Morgan fingerprint density at radius 3 is 2.69 bits per heavy atom. The molecule has 1 saturated carbocycles. The number of amides is 1. The van der Waals surface area contributed by atoms with E-state index in [2.05, 4.69) is 40.0 Å². The molecule has 26 heavy (non-hydrogen) atoms. The van der Waals surface area contributed by atoms with Crippen molar-refractivity contribution in [3.05, 3.63) is 29.3 Å². The normalized spacial score (nSPS) is 29.5. The number of rotatable bonds is 4. The Bertz CT molecular complexity index is 652. The second kappa shape index (κ2) is 7.20. The van der Waals surface area contributed by atoms with Gasteiger partial charge in [-0.15, -0.1) is 0 Å². The molecule has 0 bridgehead atoms. The van der Waals surface area contributed by atoms with Crippen molar-refractivity contribution in [1.82, 2.24) is 15.5 Å². The van der Waals surface area contributed by atoms with E-state index in [0.717, 1.165) is 31.5 Å². The molecule has 1 spiro atoms. The standard InChI is InChI=1S/C21H32N4O/c1-22-20(26)18-4-3-16(11-19(18)15-5-9-25(2)10-6-15)24-17-12-21(13-17)7-8-23-14-21/h3-4,11,15,17,23-24H,5-10,12-14H2,1-2H3,(H,22,26). The Balaban J connectivity index is 1.49.